The van der Waals surface area contributed by atoms with Crippen LogP contribution >= 0.6 is 0 Å². The standard InChI is InChI=1S/C16H20F3NO3/c1-14(2)8-3-9-15(21,16(17,18)19)13(14)10-11-4-6-12(7-5-11)20(22)23/h4-7,13,21H,3,8-10H2,1-2H3/t13-,15+/m0/s1. The predicted octanol–water partition coefficient (Wildman–Crippen LogP) is 4.26. The van der Waals surface area contributed by atoms with Gasteiger partial charge in [0.05, 0.1) is 4.92 Å². The van der Waals surface area contributed by atoms with Crippen molar-refractivity contribution in [2.75, 3.05) is 0 Å². The zero-order valence-corrected chi connectivity index (χ0v) is 13.1. The maximum atomic E-state index is 13.5. The molecule has 0 heterocycles. The van der Waals surface area contributed by atoms with Gasteiger partial charge in [0.25, 0.3) is 5.69 Å². The van der Waals surface area contributed by atoms with Crippen LogP contribution in [0.2, 0.25) is 0 Å². The zero-order chi connectivity index (χ0) is 17.5. The van der Waals surface area contributed by atoms with Gasteiger partial charge >= 0.3 is 6.18 Å². The summed E-state index contributed by atoms with van der Waals surface area (Å²) < 4.78 is 40.4. The highest BCUT2D eigenvalue weighted by Crippen LogP contribution is 2.53. The maximum Gasteiger partial charge on any atom is 0.417 e. The number of rotatable bonds is 3. The molecule has 0 bridgehead atoms. The molecule has 0 aromatic heterocycles. The van der Waals surface area contributed by atoms with E-state index in [-0.39, 0.29) is 18.5 Å². The zero-order valence-electron chi connectivity index (χ0n) is 13.1. The highest BCUT2D eigenvalue weighted by atomic mass is 19.4. The van der Waals surface area contributed by atoms with E-state index in [0.29, 0.717) is 18.4 Å². The average Bonchev–Trinajstić information content (AvgIpc) is 2.42. The molecule has 2 rings (SSSR count). The summed E-state index contributed by atoms with van der Waals surface area (Å²) in [6.45, 7) is 3.47. The molecule has 1 fully saturated rings. The summed E-state index contributed by atoms with van der Waals surface area (Å²) >= 11 is 0. The molecule has 1 aromatic rings. The Kier molecular flexibility index (Phi) is 4.45. The first kappa shape index (κ1) is 17.7. The van der Waals surface area contributed by atoms with Gasteiger partial charge in [-0.05, 0) is 36.7 Å². The van der Waals surface area contributed by atoms with Crippen LogP contribution in [0, 0.1) is 21.4 Å². The van der Waals surface area contributed by atoms with Crippen LogP contribution in [0.25, 0.3) is 0 Å². The quantitative estimate of drug-likeness (QED) is 0.665. The smallest absolute Gasteiger partial charge is 0.380 e. The highest BCUT2D eigenvalue weighted by Gasteiger charge is 2.62. The lowest BCUT2D eigenvalue weighted by Crippen LogP contribution is -2.58. The van der Waals surface area contributed by atoms with Crippen LogP contribution < -0.4 is 0 Å². The average molecular weight is 331 g/mol. The molecule has 23 heavy (non-hydrogen) atoms. The lowest BCUT2D eigenvalue weighted by molar-refractivity contribution is -0.384. The number of nitro groups is 1. The van der Waals surface area contributed by atoms with Gasteiger partial charge in [0.1, 0.15) is 0 Å². The van der Waals surface area contributed by atoms with E-state index in [9.17, 15) is 28.4 Å². The molecule has 0 radical (unpaired) electrons. The number of nitro benzene ring substituents is 1. The van der Waals surface area contributed by atoms with Crippen LogP contribution in [0.1, 0.15) is 38.7 Å². The number of benzene rings is 1. The third-order valence-corrected chi connectivity index (χ3v) is 4.98. The number of non-ortho nitro benzene ring substituents is 1. The minimum absolute atomic E-state index is 0.0288. The number of aliphatic hydroxyl groups is 1. The van der Waals surface area contributed by atoms with Crippen molar-refractivity contribution < 1.29 is 23.2 Å². The number of alkyl halides is 3. The summed E-state index contributed by atoms with van der Waals surface area (Å²) in [7, 11) is 0. The Balaban J connectivity index is 2.33. The van der Waals surface area contributed by atoms with Gasteiger partial charge in [0.15, 0.2) is 5.60 Å². The number of hydrogen-bond acceptors (Lipinski definition) is 3. The Labute approximate surface area is 132 Å². The van der Waals surface area contributed by atoms with Crippen molar-refractivity contribution in [1.82, 2.24) is 0 Å². The van der Waals surface area contributed by atoms with Gasteiger partial charge < -0.3 is 5.11 Å². The Morgan fingerprint density at radius 3 is 2.30 bits per heavy atom. The Hall–Kier alpha value is -1.63. The van der Waals surface area contributed by atoms with Crippen LogP contribution in [0.3, 0.4) is 0 Å². The van der Waals surface area contributed by atoms with E-state index >= 15 is 0 Å². The van der Waals surface area contributed by atoms with Gasteiger partial charge in [-0.15, -0.1) is 0 Å². The van der Waals surface area contributed by atoms with Gasteiger partial charge in [-0.1, -0.05) is 26.0 Å². The Morgan fingerprint density at radius 1 is 1.26 bits per heavy atom. The van der Waals surface area contributed by atoms with Crippen LogP contribution in [0.4, 0.5) is 18.9 Å². The van der Waals surface area contributed by atoms with Crippen molar-refractivity contribution in [3.8, 4) is 0 Å². The lowest BCUT2D eigenvalue weighted by Gasteiger charge is -2.50. The fraction of sp³-hybridized carbons (Fsp3) is 0.625. The van der Waals surface area contributed by atoms with Gasteiger partial charge in [0, 0.05) is 18.1 Å². The van der Waals surface area contributed by atoms with E-state index in [1.54, 1.807) is 13.8 Å². The van der Waals surface area contributed by atoms with Crippen molar-refractivity contribution in [2.45, 2.75) is 51.3 Å². The van der Waals surface area contributed by atoms with Gasteiger partial charge in [-0.3, -0.25) is 10.1 Å². The topological polar surface area (TPSA) is 63.4 Å². The molecule has 0 saturated heterocycles. The predicted molar refractivity (Wildman–Crippen MR) is 78.9 cm³/mol. The van der Waals surface area contributed by atoms with Crippen molar-refractivity contribution in [3.05, 3.63) is 39.9 Å². The van der Waals surface area contributed by atoms with Gasteiger partial charge in [0.2, 0.25) is 0 Å². The van der Waals surface area contributed by atoms with E-state index in [1.165, 1.54) is 24.3 Å². The minimum Gasteiger partial charge on any atom is -0.380 e. The second-order valence-electron chi connectivity index (χ2n) is 6.94. The third-order valence-electron chi connectivity index (χ3n) is 4.98. The molecule has 0 amide bonds. The Morgan fingerprint density at radius 2 is 1.83 bits per heavy atom. The molecule has 1 aliphatic carbocycles. The first-order chi connectivity index (χ1) is 10.5. The Bertz CT molecular complexity index is 583. The number of nitrogens with zero attached hydrogens (tertiary/aromatic N) is 1. The first-order valence-corrected chi connectivity index (χ1v) is 7.50. The van der Waals surface area contributed by atoms with E-state index in [2.05, 4.69) is 0 Å². The van der Waals surface area contributed by atoms with Gasteiger partial charge in [-0.25, -0.2) is 0 Å². The fourth-order valence-electron chi connectivity index (χ4n) is 3.58. The normalized spacial score (nSPS) is 27.7. The molecule has 2 atom stereocenters. The molecule has 7 heteroatoms. The maximum absolute atomic E-state index is 13.5. The van der Waals surface area contributed by atoms with E-state index in [4.69, 9.17) is 0 Å². The molecule has 0 spiro atoms. The molecule has 1 N–H and O–H groups in total. The van der Waals surface area contributed by atoms with E-state index < -0.39 is 28.0 Å². The van der Waals surface area contributed by atoms with Crippen molar-refractivity contribution in [2.24, 2.45) is 11.3 Å². The van der Waals surface area contributed by atoms with Crippen LogP contribution in [-0.4, -0.2) is 21.8 Å². The van der Waals surface area contributed by atoms with Crippen LogP contribution in [0.15, 0.2) is 24.3 Å². The molecule has 0 unspecified atom stereocenters. The monoisotopic (exact) mass is 331 g/mol. The summed E-state index contributed by atoms with van der Waals surface area (Å²) in [5.41, 5.74) is -2.96. The van der Waals surface area contributed by atoms with E-state index in [1.807, 2.05) is 0 Å². The number of halogens is 3. The summed E-state index contributed by atoms with van der Waals surface area (Å²) in [6.07, 6.45) is -4.06. The molecule has 128 valence electrons. The highest BCUT2D eigenvalue weighted by molar-refractivity contribution is 5.33. The molecular weight excluding hydrogens is 311 g/mol. The molecule has 1 aliphatic rings. The van der Waals surface area contributed by atoms with E-state index in [0.717, 1.165) is 0 Å². The summed E-state index contributed by atoms with van der Waals surface area (Å²) in [5.74, 6) is -0.995. The number of hydrogen-bond donors (Lipinski definition) is 1. The SMILES string of the molecule is CC1(C)CCC[C@](O)(C(F)(F)F)[C@H]1Cc1ccc([N+](=O)[O-])cc1. The van der Waals surface area contributed by atoms with Crippen molar-refractivity contribution in [3.63, 3.8) is 0 Å². The molecule has 4 nitrogen and oxygen atoms in total. The summed E-state index contributed by atoms with van der Waals surface area (Å²) in [6, 6.07) is 5.47. The van der Waals surface area contributed by atoms with Crippen molar-refractivity contribution >= 4 is 5.69 Å². The minimum atomic E-state index is -4.70. The third kappa shape index (κ3) is 3.34. The second-order valence-corrected chi connectivity index (χ2v) is 6.94. The van der Waals surface area contributed by atoms with Crippen LogP contribution in [0.5, 0.6) is 0 Å². The molecule has 1 aromatic carbocycles. The van der Waals surface area contributed by atoms with Crippen molar-refractivity contribution in [1.29, 1.82) is 0 Å². The largest absolute Gasteiger partial charge is 0.417 e. The van der Waals surface area contributed by atoms with Crippen LogP contribution in [-0.2, 0) is 6.42 Å². The summed E-state index contributed by atoms with van der Waals surface area (Å²) in [5, 5.41) is 21.0. The second kappa shape index (κ2) is 5.78. The molecular formula is C16H20F3NO3. The molecule has 1 saturated carbocycles. The fourth-order valence-corrected chi connectivity index (χ4v) is 3.58. The first-order valence-electron chi connectivity index (χ1n) is 7.50. The summed E-state index contributed by atoms with van der Waals surface area (Å²) in [4.78, 5) is 10.1. The van der Waals surface area contributed by atoms with Gasteiger partial charge in [-0.2, -0.15) is 13.2 Å². The lowest BCUT2D eigenvalue weighted by atomic mass is 9.59. The molecule has 0 aliphatic heterocycles.